The van der Waals surface area contributed by atoms with Crippen LogP contribution in [0, 0.1) is 10.1 Å². The van der Waals surface area contributed by atoms with E-state index in [-0.39, 0.29) is 22.2 Å². The maximum absolute atomic E-state index is 12.5. The molecule has 7 nitrogen and oxygen atoms in total. The number of rotatable bonds is 4. The van der Waals surface area contributed by atoms with Crippen LogP contribution in [0.3, 0.4) is 0 Å². The number of fused-ring (bicyclic) bond motifs is 1. The fourth-order valence-electron chi connectivity index (χ4n) is 2.86. The summed E-state index contributed by atoms with van der Waals surface area (Å²) in [6.45, 7) is 3.30. The molecular weight excluding hydrogens is 336 g/mol. The summed E-state index contributed by atoms with van der Waals surface area (Å²) in [5, 5.41) is 22.2. The summed E-state index contributed by atoms with van der Waals surface area (Å²) in [6, 6.07) is 11.2. The number of methoxy groups -OCH3 is 1. The summed E-state index contributed by atoms with van der Waals surface area (Å²) in [4.78, 5) is 26.3. The first-order chi connectivity index (χ1) is 12.2. The van der Waals surface area contributed by atoms with Gasteiger partial charge in [-0.2, -0.15) is 0 Å². The Labute approximate surface area is 149 Å². The minimum atomic E-state index is -1.03. The van der Waals surface area contributed by atoms with Crippen LogP contribution in [0.4, 0.5) is 5.69 Å². The molecule has 1 heterocycles. The summed E-state index contributed by atoms with van der Waals surface area (Å²) in [6.07, 6.45) is 0. The van der Waals surface area contributed by atoms with Gasteiger partial charge in [-0.1, -0.05) is 24.3 Å². The van der Waals surface area contributed by atoms with Gasteiger partial charge in [-0.3, -0.25) is 14.9 Å². The van der Waals surface area contributed by atoms with Crippen molar-refractivity contribution in [1.82, 2.24) is 4.98 Å². The van der Waals surface area contributed by atoms with Gasteiger partial charge in [0.05, 0.1) is 28.4 Å². The number of pyridine rings is 1. The molecule has 0 atom stereocenters. The quantitative estimate of drug-likeness (QED) is 0.552. The minimum absolute atomic E-state index is 0.125. The van der Waals surface area contributed by atoms with Crippen molar-refractivity contribution >= 4 is 16.5 Å². The normalized spacial score (nSPS) is 11.5. The fourth-order valence-corrected chi connectivity index (χ4v) is 2.86. The van der Waals surface area contributed by atoms with Crippen LogP contribution in [0.15, 0.2) is 47.3 Å². The molecule has 0 aliphatic carbocycles. The first-order valence-electron chi connectivity index (χ1n) is 7.94. The summed E-state index contributed by atoms with van der Waals surface area (Å²) < 4.78 is 5.09. The molecule has 3 rings (SSSR count). The van der Waals surface area contributed by atoms with Gasteiger partial charge in [0, 0.05) is 5.56 Å². The number of nitro groups is 1. The van der Waals surface area contributed by atoms with Crippen molar-refractivity contribution in [3.8, 4) is 17.0 Å². The molecule has 0 radical (unpaired) electrons. The molecular formula is C19H18N2O5. The molecule has 1 aromatic heterocycles. The Morgan fingerprint density at radius 3 is 2.31 bits per heavy atom. The SMILES string of the molecule is COc1ccc2c([N+](=O)[O-])c(-c3ccc(C(C)(C)O)cc3)[nH]c(=O)c2c1. The number of aromatic nitrogens is 1. The van der Waals surface area contributed by atoms with E-state index in [2.05, 4.69) is 4.98 Å². The van der Waals surface area contributed by atoms with Gasteiger partial charge in [-0.05, 0) is 37.6 Å². The number of H-pyrrole nitrogens is 1. The van der Waals surface area contributed by atoms with E-state index >= 15 is 0 Å². The molecule has 134 valence electrons. The monoisotopic (exact) mass is 354 g/mol. The number of ether oxygens (including phenoxy) is 1. The molecule has 0 bridgehead atoms. The Balaban J connectivity index is 2.28. The highest BCUT2D eigenvalue weighted by atomic mass is 16.6. The van der Waals surface area contributed by atoms with Crippen LogP contribution in [-0.4, -0.2) is 22.1 Å². The van der Waals surface area contributed by atoms with E-state index in [1.165, 1.54) is 19.2 Å². The number of benzene rings is 2. The summed E-state index contributed by atoms with van der Waals surface area (Å²) in [5.41, 5.74) is -0.377. The van der Waals surface area contributed by atoms with Gasteiger partial charge in [-0.15, -0.1) is 0 Å². The molecule has 0 fully saturated rings. The molecule has 2 aromatic carbocycles. The smallest absolute Gasteiger partial charge is 0.301 e. The van der Waals surface area contributed by atoms with Crippen LogP contribution in [0.1, 0.15) is 19.4 Å². The third-order valence-corrected chi connectivity index (χ3v) is 4.26. The molecule has 0 spiro atoms. The highest BCUT2D eigenvalue weighted by molar-refractivity contribution is 5.96. The lowest BCUT2D eigenvalue weighted by Crippen LogP contribution is -2.15. The molecule has 0 saturated heterocycles. The number of hydrogen-bond donors (Lipinski definition) is 2. The molecule has 0 aliphatic heterocycles. The molecule has 26 heavy (non-hydrogen) atoms. The Morgan fingerprint density at radius 2 is 1.77 bits per heavy atom. The summed E-state index contributed by atoms with van der Waals surface area (Å²) in [7, 11) is 1.46. The number of aliphatic hydroxyl groups is 1. The lowest BCUT2D eigenvalue weighted by molar-refractivity contribution is -0.382. The largest absolute Gasteiger partial charge is 0.497 e. The maximum atomic E-state index is 12.5. The zero-order valence-corrected chi connectivity index (χ0v) is 14.6. The minimum Gasteiger partial charge on any atom is -0.497 e. The summed E-state index contributed by atoms with van der Waals surface area (Å²) >= 11 is 0. The standard InChI is InChI=1S/C19H18N2O5/c1-19(2,23)12-6-4-11(5-7-12)16-17(21(24)25)14-9-8-13(26-3)10-15(14)18(22)20-16/h4-10,23H,1-3H3,(H,20,22). The Kier molecular flexibility index (Phi) is 4.25. The van der Waals surface area contributed by atoms with E-state index in [1.54, 1.807) is 44.2 Å². The lowest BCUT2D eigenvalue weighted by atomic mass is 9.96. The first-order valence-corrected chi connectivity index (χ1v) is 7.94. The van der Waals surface area contributed by atoms with Crippen molar-refractivity contribution in [1.29, 1.82) is 0 Å². The molecule has 7 heteroatoms. The van der Waals surface area contributed by atoms with E-state index in [9.17, 15) is 20.0 Å². The van der Waals surface area contributed by atoms with E-state index < -0.39 is 16.1 Å². The van der Waals surface area contributed by atoms with Crippen LogP contribution in [0.25, 0.3) is 22.0 Å². The van der Waals surface area contributed by atoms with Gasteiger partial charge in [-0.25, -0.2) is 0 Å². The van der Waals surface area contributed by atoms with Crippen molar-refractivity contribution in [2.45, 2.75) is 19.4 Å². The molecule has 0 unspecified atom stereocenters. The average molecular weight is 354 g/mol. The first kappa shape index (κ1) is 17.6. The van der Waals surface area contributed by atoms with Crippen molar-refractivity contribution in [3.63, 3.8) is 0 Å². The Hall–Kier alpha value is -3.19. The van der Waals surface area contributed by atoms with Crippen LogP contribution < -0.4 is 10.3 Å². The highest BCUT2D eigenvalue weighted by Crippen LogP contribution is 2.35. The van der Waals surface area contributed by atoms with Crippen molar-refractivity contribution in [3.05, 3.63) is 68.5 Å². The Bertz CT molecular complexity index is 1050. The molecule has 2 N–H and O–H groups in total. The van der Waals surface area contributed by atoms with Crippen LogP contribution in [-0.2, 0) is 5.60 Å². The van der Waals surface area contributed by atoms with Crippen LogP contribution in [0.2, 0.25) is 0 Å². The van der Waals surface area contributed by atoms with Gasteiger partial charge in [0.25, 0.3) is 5.56 Å². The third-order valence-electron chi connectivity index (χ3n) is 4.26. The Morgan fingerprint density at radius 1 is 1.12 bits per heavy atom. The number of nitrogens with one attached hydrogen (secondary N) is 1. The summed E-state index contributed by atoms with van der Waals surface area (Å²) in [5.74, 6) is 0.444. The molecule has 0 aliphatic rings. The topological polar surface area (TPSA) is 105 Å². The second-order valence-corrected chi connectivity index (χ2v) is 6.48. The second-order valence-electron chi connectivity index (χ2n) is 6.48. The third kappa shape index (κ3) is 3.04. The number of nitrogens with zero attached hydrogens (tertiary/aromatic N) is 1. The predicted molar refractivity (Wildman–Crippen MR) is 98.5 cm³/mol. The van der Waals surface area contributed by atoms with Gasteiger partial charge < -0.3 is 14.8 Å². The molecule has 3 aromatic rings. The van der Waals surface area contributed by atoms with Crippen molar-refractivity contribution in [2.24, 2.45) is 0 Å². The maximum Gasteiger partial charge on any atom is 0.301 e. The second kappa shape index (κ2) is 6.27. The van der Waals surface area contributed by atoms with Crippen LogP contribution in [0.5, 0.6) is 5.75 Å². The lowest BCUT2D eigenvalue weighted by Gasteiger charge is -2.18. The van der Waals surface area contributed by atoms with Gasteiger partial charge >= 0.3 is 5.69 Å². The number of aromatic amines is 1. The van der Waals surface area contributed by atoms with E-state index in [4.69, 9.17) is 4.74 Å². The van der Waals surface area contributed by atoms with E-state index in [0.29, 0.717) is 16.9 Å². The zero-order chi connectivity index (χ0) is 19.1. The van der Waals surface area contributed by atoms with Crippen molar-refractivity contribution < 1.29 is 14.8 Å². The van der Waals surface area contributed by atoms with Crippen LogP contribution >= 0.6 is 0 Å². The number of hydrogen-bond acceptors (Lipinski definition) is 5. The molecule has 0 amide bonds. The van der Waals surface area contributed by atoms with E-state index in [1.807, 2.05) is 0 Å². The highest BCUT2D eigenvalue weighted by Gasteiger charge is 2.23. The average Bonchev–Trinajstić information content (AvgIpc) is 2.60. The fraction of sp³-hybridized carbons (Fsp3) is 0.211. The van der Waals surface area contributed by atoms with Gasteiger partial charge in [0.1, 0.15) is 11.4 Å². The van der Waals surface area contributed by atoms with E-state index in [0.717, 1.165) is 0 Å². The predicted octanol–water partition coefficient (Wildman–Crippen LogP) is 3.34. The zero-order valence-electron chi connectivity index (χ0n) is 14.6. The van der Waals surface area contributed by atoms with Crippen molar-refractivity contribution in [2.75, 3.05) is 7.11 Å². The van der Waals surface area contributed by atoms with Gasteiger partial charge in [0.2, 0.25) is 0 Å². The van der Waals surface area contributed by atoms with Gasteiger partial charge in [0.15, 0.2) is 0 Å². The molecule has 0 saturated carbocycles.